The Morgan fingerprint density at radius 2 is 2.16 bits per heavy atom. The van der Waals surface area contributed by atoms with Crippen LogP contribution >= 0.6 is 0 Å². The summed E-state index contributed by atoms with van der Waals surface area (Å²) in [5, 5.41) is 3.42. The summed E-state index contributed by atoms with van der Waals surface area (Å²) in [5.41, 5.74) is 2.08. The summed E-state index contributed by atoms with van der Waals surface area (Å²) < 4.78 is 7.80. The largest absolute Gasteiger partial charge is 0.378 e. The number of nitrogens with zero attached hydrogens (tertiary/aromatic N) is 4. The van der Waals surface area contributed by atoms with E-state index in [1.807, 2.05) is 24.4 Å². The van der Waals surface area contributed by atoms with Crippen LogP contribution in [0.3, 0.4) is 0 Å². The Hall–Kier alpha value is -2.08. The molecule has 1 N–H and O–H groups in total. The Kier molecular flexibility index (Phi) is 6.28. The zero-order valence-electron chi connectivity index (χ0n) is 15.3. The van der Waals surface area contributed by atoms with Gasteiger partial charge in [-0.05, 0) is 38.8 Å². The van der Waals surface area contributed by atoms with Gasteiger partial charge in [0.2, 0.25) is 0 Å². The third-order valence-electron chi connectivity index (χ3n) is 4.52. The minimum Gasteiger partial charge on any atom is -0.378 e. The van der Waals surface area contributed by atoms with Crippen molar-refractivity contribution in [3.05, 3.63) is 36.3 Å². The molecule has 0 unspecified atom stereocenters. The topological polar surface area (TPSA) is 54.2 Å². The molecule has 25 heavy (non-hydrogen) atoms. The molecule has 0 aliphatic carbocycles. The minimum absolute atomic E-state index is 0.405. The van der Waals surface area contributed by atoms with E-state index in [-0.39, 0.29) is 0 Å². The van der Waals surface area contributed by atoms with Gasteiger partial charge in [0.05, 0.1) is 11.8 Å². The molecule has 0 radical (unpaired) electrons. The molecule has 0 spiro atoms. The molecular weight excluding hydrogens is 314 g/mol. The van der Waals surface area contributed by atoms with Crippen LogP contribution in [0.4, 0.5) is 0 Å². The fourth-order valence-electron chi connectivity index (χ4n) is 3.28. The SMILES string of the molecule is CCNC(=NCCc1cn2ccccc2n1)N1CCC(OCC)CC1. The van der Waals surface area contributed by atoms with Crippen LogP contribution in [0.15, 0.2) is 35.6 Å². The van der Waals surface area contributed by atoms with Crippen molar-refractivity contribution < 1.29 is 4.74 Å². The summed E-state index contributed by atoms with van der Waals surface area (Å²) in [6.45, 7) is 8.63. The van der Waals surface area contributed by atoms with Gasteiger partial charge in [0.25, 0.3) is 0 Å². The quantitative estimate of drug-likeness (QED) is 0.646. The highest BCUT2D eigenvalue weighted by Gasteiger charge is 2.21. The molecule has 0 bridgehead atoms. The lowest BCUT2D eigenvalue weighted by Crippen LogP contribution is -2.47. The van der Waals surface area contributed by atoms with E-state index in [1.165, 1.54) is 0 Å². The zero-order valence-corrected chi connectivity index (χ0v) is 15.3. The molecule has 1 aliphatic rings. The van der Waals surface area contributed by atoms with E-state index in [0.717, 1.165) is 69.3 Å². The second kappa shape index (κ2) is 8.85. The molecule has 0 amide bonds. The molecule has 2 aromatic rings. The average molecular weight is 343 g/mol. The molecule has 6 nitrogen and oxygen atoms in total. The van der Waals surface area contributed by atoms with Crippen LogP contribution in [0.1, 0.15) is 32.4 Å². The van der Waals surface area contributed by atoms with Gasteiger partial charge in [-0.2, -0.15) is 0 Å². The van der Waals surface area contributed by atoms with Crippen molar-refractivity contribution in [1.29, 1.82) is 0 Å². The molecule has 136 valence electrons. The first-order valence-corrected chi connectivity index (χ1v) is 9.37. The minimum atomic E-state index is 0.405. The molecule has 1 fully saturated rings. The Labute approximate surface area is 149 Å². The van der Waals surface area contributed by atoms with Gasteiger partial charge in [-0.3, -0.25) is 4.99 Å². The average Bonchev–Trinajstić information content (AvgIpc) is 3.05. The summed E-state index contributed by atoms with van der Waals surface area (Å²) in [5.74, 6) is 1.02. The van der Waals surface area contributed by atoms with Crippen LogP contribution in [0.25, 0.3) is 5.65 Å². The smallest absolute Gasteiger partial charge is 0.193 e. The van der Waals surface area contributed by atoms with Gasteiger partial charge in [-0.15, -0.1) is 0 Å². The Morgan fingerprint density at radius 3 is 2.88 bits per heavy atom. The summed E-state index contributed by atoms with van der Waals surface area (Å²) in [7, 11) is 0. The highest BCUT2D eigenvalue weighted by molar-refractivity contribution is 5.80. The molecule has 0 saturated carbocycles. The number of hydrogen-bond acceptors (Lipinski definition) is 3. The Bertz CT molecular complexity index is 655. The number of pyridine rings is 1. The van der Waals surface area contributed by atoms with Crippen molar-refractivity contribution in [3.8, 4) is 0 Å². The lowest BCUT2D eigenvalue weighted by Gasteiger charge is -2.34. The predicted octanol–water partition coefficient (Wildman–Crippen LogP) is 2.34. The van der Waals surface area contributed by atoms with Crippen LogP contribution in [-0.4, -0.2) is 59.1 Å². The van der Waals surface area contributed by atoms with Crippen LogP contribution in [-0.2, 0) is 11.2 Å². The van der Waals surface area contributed by atoms with E-state index in [9.17, 15) is 0 Å². The maximum Gasteiger partial charge on any atom is 0.193 e. The first-order chi connectivity index (χ1) is 12.3. The fraction of sp³-hybridized carbons (Fsp3) is 0.579. The molecule has 3 heterocycles. The van der Waals surface area contributed by atoms with Crippen LogP contribution < -0.4 is 5.32 Å². The molecule has 2 aromatic heterocycles. The van der Waals surface area contributed by atoms with E-state index in [2.05, 4.69) is 39.6 Å². The number of ether oxygens (including phenoxy) is 1. The maximum absolute atomic E-state index is 5.74. The van der Waals surface area contributed by atoms with E-state index in [4.69, 9.17) is 9.73 Å². The highest BCUT2D eigenvalue weighted by Crippen LogP contribution is 2.14. The Balaban J connectivity index is 1.56. The fourth-order valence-corrected chi connectivity index (χ4v) is 3.28. The summed E-state index contributed by atoms with van der Waals surface area (Å²) in [4.78, 5) is 11.8. The second-order valence-corrected chi connectivity index (χ2v) is 6.33. The predicted molar refractivity (Wildman–Crippen MR) is 101 cm³/mol. The molecule has 0 atom stereocenters. The molecule has 3 rings (SSSR count). The number of aliphatic imine (C=N–C) groups is 1. The molecule has 1 saturated heterocycles. The van der Waals surface area contributed by atoms with Crippen molar-refractivity contribution in [2.45, 2.75) is 39.2 Å². The molecule has 6 heteroatoms. The molecular formula is C19H29N5O. The standard InChI is InChI=1S/C19H29N5O/c1-3-20-19(23-13-9-17(10-14-23)25-4-2)21-11-8-16-15-24-12-6-5-7-18(24)22-16/h5-7,12,15,17H,3-4,8-11,13-14H2,1-2H3,(H,20,21). The van der Waals surface area contributed by atoms with Crippen LogP contribution in [0.5, 0.6) is 0 Å². The summed E-state index contributed by atoms with van der Waals surface area (Å²) >= 11 is 0. The maximum atomic E-state index is 5.74. The van der Waals surface area contributed by atoms with Crippen molar-refractivity contribution in [2.75, 3.05) is 32.8 Å². The number of nitrogens with one attached hydrogen (secondary N) is 1. The third-order valence-corrected chi connectivity index (χ3v) is 4.52. The number of aromatic nitrogens is 2. The number of fused-ring (bicyclic) bond motifs is 1. The van der Waals surface area contributed by atoms with Gasteiger partial charge in [0.15, 0.2) is 5.96 Å². The van der Waals surface area contributed by atoms with Gasteiger partial charge < -0.3 is 19.4 Å². The number of rotatable bonds is 6. The zero-order chi connectivity index (χ0) is 17.5. The van der Waals surface area contributed by atoms with Crippen molar-refractivity contribution in [1.82, 2.24) is 19.6 Å². The van der Waals surface area contributed by atoms with Crippen molar-refractivity contribution >= 4 is 11.6 Å². The number of likely N-dealkylation sites (tertiary alicyclic amines) is 1. The number of imidazole rings is 1. The molecule has 0 aromatic carbocycles. The van der Waals surface area contributed by atoms with Crippen LogP contribution in [0, 0.1) is 0 Å². The van der Waals surface area contributed by atoms with Crippen molar-refractivity contribution in [3.63, 3.8) is 0 Å². The first-order valence-electron chi connectivity index (χ1n) is 9.37. The van der Waals surface area contributed by atoms with Crippen LogP contribution in [0.2, 0.25) is 0 Å². The lowest BCUT2D eigenvalue weighted by atomic mass is 10.1. The van der Waals surface area contributed by atoms with Gasteiger partial charge in [-0.25, -0.2) is 4.98 Å². The normalized spacial score (nSPS) is 16.6. The van der Waals surface area contributed by atoms with Gasteiger partial charge in [-0.1, -0.05) is 6.07 Å². The monoisotopic (exact) mass is 343 g/mol. The number of guanidine groups is 1. The number of hydrogen-bond donors (Lipinski definition) is 1. The van der Waals surface area contributed by atoms with E-state index < -0.39 is 0 Å². The highest BCUT2D eigenvalue weighted by atomic mass is 16.5. The second-order valence-electron chi connectivity index (χ2n) is 6.33. The first kappa shape index (κ1) is 17.7. The van der Waals surface area contributed by atoms with Gasteiger partial charge in [0.1, 0.15) is 5.65 Å². The Morgan fingerprint density at radius 1 is 1.32 bits per heavy atom. The summed E-state index contributed by atoms with van der Waals surface area (Å²) in [6, 6.07) is 6.06. The van der Waals surface area contributed by atoms with E-state index in [1.54, 1.807) is 0 Å². The van der Waals surface area contributed by atoms with E-state index in [0.29, 0.717) is 6.10 Å². The van der Waals surface area contributed by atoms with Crippen molar-refractivity contribution in [2.24, 2.45) is 4.99 Å². The third kappa shape index (κ3) is 4.72. The summed E-state index contributed by atoms with van der Waals surface area (Å²) in [6.07, 6.45) is 7.52. The van der Waals surface area contributed by atoms with Gasteiger partial charge >= 0.3 is 0 Å². The lowest BCUT2D eigenvalue weighted by molar-refractivity contribution is 0.0264. The van der Waals surface area contributed by atoms with Gasteiger partial charge in [0, 0.05) is 51.6 Å². The van der Waals surface area contributed by atoms with E-state index >= 15 is 0 Å². The molecule has 1 aliphatic heterocycles. The number of piperidine rings is 1.